The van der Waals surface area contributed by atoms with Crippen LogP contribution < -0.4 is 0 Å². The molecular formula is C25H27N. The fourth-order valence-corrected chi connectivity index (χ4v) is 4.49. The number of hydrogen-bond acceptors (Lipinski definition) is 1. The van der Waals surface area contributed by atoms with Crippen molar-refractivity contribution in [1.82, 2.24) is 4.90 Å². The van der Waals surface area contributed by atoms with Gasteiger partial charge in [0.1, 0.15) is 0 Å². The van der Waals surface area contributed by atoms with E-state index in [4.69, 9.17) is 0 Å². The molecule has 0 aliphatic carbocycles. The van der Waals surface area contributed by atoms with Crippen LogP contribution in [-0.4, -0.2) is 18.0 Å². The van der Waals surface area contributed by atoms with Crippen LogP contribution >= 0.6 is 0 Å². The summed E-state index contributed by atoms with van der Waals surface area (Å²) in [6.07, 6.45) is 5.22. The summed E-state index contributed by atoms with van der Waals surface area (Å²) in [4.78, 5) is 2.72. The van der Waals surface area contributed by atoms with Crippen LogP contribution in [0.5, 0.6) is 0 Å². The van der Waals surface area contributed by atoms with Gasteiger partial charge in [-0.25, -0.2) is 0 Å². The van der Waals surface area contributed by atoms with Gasteiger partial charge in [0, 0.05) is 0 Å². The molecule has 0 amide bonds. The van der Waals surface area contributed by atoms with Crippen molar-refractivity contribution in [2.45, 2.75) is 31.2 Å². The van der Waals surface area contributed by atoms with Gasteiger partial charge >= 0.3 is 0 Å². The minimum Gasteiger partial charge on any atom is -0.286 e. The van der Waals surface area contributed by atoms with Gasteiger partial charge < -0.3 is 0 Å². The van der Waals surface area contributed by atoms with Crippen molar-refractivity contribution in [3.05, 3.63) is 108 Å². The summed E-state index contributed by atoms with van der Waals surface area (Å²) in [5, 5.41) is 0. The Bertz CT molecular complexity index is 691. The lowest BCUT2D eigenvalue weighted by Crippen LogP contribution is -2.48. The molecule has 0 radical (unpaired) electrons. The number of benzene rings is 3. The van der Waals surface area contributed by atoms with Crippen LogP contribution in [-0.2, 0) is 5.54 Å². The monoisotopic (exact) mass is 341 g/mol. The number of rotatable bonds is 4. The molecule has 132 valence electrons. The Morgan fingerprint density at radius 1 is 0.462 bits per heavy atom. The quantitative estimate of drug-likeness (QED) is 0.538. The van der Waals surface area contributed by atoms with E-state index < -0.39 is 0 Å². The smallest absolute Gasteiger partial charge is 0.0972 e. The lowest BCUT2D eigenvalue weighted by Gasteiger charge is -2.45. The van der Waals surface area contributed by atoms with E-state index in [2.05, 4.69) is 95.9 Å². The molecule has 1 fully saturated rings. The van der Waals surface area contributed by atoms with E-state index >= 15 is 0 Å². The van der Waals surface area contributed by atoms with Gasteiger partial charge in [-0.2, -0.15) is 0 Å². The fraction of sp³-hybridized carbons (Fsp3) is 0.280. The third-order valence-electron chi connectivity index (χ3n) is 5.66. The topological polar surface area (TPSA) is 3.24 Å². The SMILES string of the molecule is c1ccc(C(c2ccccc2)(c2ccccc2)N2CCCCCC2)cc1. The zero-order valence-corrected chi connectivity index (χ0v) is 15.4. The summed E-state index contributed by atoms with van der Waals surface area (Å²) in [6, 6.07) is 33.2. The molecular weight excluding hydrogens is 314 g/mol. The molecule has 0 bridgehead atoms. The molecule has 3 aromatic rings. The largest absolute Gasteiger partial charge is 0.286 e. The van der Waals surface area contributed by atoms with Crippen LogP contribution in [0.2, 0.25) is 0 Å². The number of hydrogen-bond donors (Lipinski definition) is 0. The first kappa shape index (κ1) is 17.1. The summed E-state index contributed by atoms with van der Waals surface area (Å²) in [5.41, 5.74) is 3.85. The molecule has 0 N–H and O–H groups in total. The van der Waals surface area contributed by atoms with Crippen molar-refractivity contribution in [1.29, 1.82) is 0 Å². The summed E-state index contributed by atoms with van der Waals surface area (Å²) in [6.45, 7) is 2.28. The summed E-state index contributed by atoms with van der Waals surface area (Å²) < 4.78 is 0. The highest BCUT2D eigenvalue weighted by Gasteiger charge is 2.41. The van der Waals surface area contributed by atoms with Crippen LogP contribution in [0.3, 0.4) is 0 Å². The maximum Gasteiger partial charge on any atom is 0.0972 e. The van der Waals surface area contributed by atoms with Crippen molar-refractivity contribution in [3.63, 3.8) is 0 Å². The van der Waals surface area contributed by atoms with Crippen LogP contribution in [0.25, 0.3) is 0 Å². The molecule has 1 aliphatic rings. The maximum absolute atomic E-state index is 2.72. The summed E-state index contributed by atoms with van der Waals surface area (Å²) >= 11 is 0. The van der Waals surface area contributed by atoms with Crippen molar-refractivity contribution in [2.75, 3.05) is 13.1 Å². The van der Waals surface area contributed by atoms with Gasteiger partial charge in [0.25, 0.3) is 0 Å². The van der Waals surface area contributed by atoms with Gasteiger partial charge in [-0.1, -0.05) is 104 Å². The molecule has 1 saturated heterocycles. The van der Waals surface area contributed by atoms with Crippen molar-refractivity contribution in [3.8, 4) is 0 Å². The van der Waals surface area contributed by atoms with Crippen LogP contribution in [0.1, 0.15) is 42.4 Å². The number of nitrogens with zero attached hydrogens (tertiary/aromatic N) is 1. The van der Waals surface area contributed by atoms with E-state index in [1.807, 2.05) is 0 Å². The molecule has 1 heteroatoms. The molecule has 1 nitrogen and oxygen atoms in total. The second-order valence-corrected chi connectivity index (χ2v) is 7.21. The molecule has 3 aromatic carbocycles. The van der Waals surface area contributed by atoms with Crippen LogP contribution in [0, 0.1) is 0 Å². The highest BCUT2D eigenvalue weighted by Crippen LogP contribution is 2.43. The van der Waals surface area contributed by atoms with E-state index in [0.717, 1.165) is 13.1 Å². The van der Waals surface area contributed by atoms with Gasteiger partial charge in [-0.3, -0.25) is 4.90 Å². The average Bonchev–Trinajstić information content (AvgIpc) is 3.01. The predicted octanol–water partition coefficient (Wildman–Crippen LogP) is 5.85. The molecule has 0 aromatic heterocycles. The van der Waals surface area contributed by atoms with E-state index in [1.165, 1.54) is 42.4 Å². The Kier molecular flexibility index (Phi) is 5.17. The van der Waals surface area contributed by atoms with Crippen LogP contribution in [0.15, 0.2) is 91.0 Å². The molecule has 26 heavy (non-hydrogen) atoms. The van der Waals surface area contributed by atoms with Crippen molar-refractivity contribution < 1.29 is 0 Å². The number of likely N-dealkylation sites (tertiary alicyclic amines) is 1. The third kappa shape index (κ3) is 3.08. The zero-order chi connectivity index (χ0) is 17.7. The van der Waals surface area contributed by atoms with Crippen molar-refractivity contribution in [2.24, 2.45) is 0 Å². The highest BCUT2D eigenvalue weighted by atomic mass is 15.2. The van der Waals surface area contributed by atoms with Gasteiger partial charge in [-0.05, 0) is 42.6 Å². The second kappa shape index (κ2) is 7.88. The standard InChI is InChI=1S/C25H27N/c1-2-13-21-26(20-12-1)25(22-14-6-3-7-15-22,23-16-8-4-9-17-23)24-18-10-5-11-19-24/h3-11,14-19H,1-2,12-13,20-21H2. The minimum absolute atomic E-state index is 0.228. The first-order valence-corrected chi connectivity index (χ1v) is 9.84. The predicted molar refractivity (Wildman–Crippen MR) is 109 cm³/mol. The Morgan fingerprint density at radius 2 is 0.808 bits per heavy atom. The van der Waals surface area contributed by atoms with Gasteiger partial charge in [0.05, 0.1) is 5.54 Å². The Labute approximate surface area is 157 Å². The van der Waals surface area contributed by atoms with E-state index in [1.54, 1.807) is 0 Å². The van der Waals surface area contributed by atoms with Crippen molar-refractivity contribution >= 4 is 0 Å². The second-order valence-electron chi connectivity index (χ2n) is 7.21. The Hall–Kier alpha value is -2.38. The van der Waals surface area contributed by atoms with E-state index in [-0.39, 0.29) is 5.54 Å². The Balaban J connectivity index is 2.00. The summed E-state index contributed by atoms with van der Waals surface area (Å²) in [5.74, 6) is 0. The molecule has 1 aliphatic heterocycles. The van der Waals surface area contributed by atoms with Crippen LogP contribution in [0.4, 0.5) is 0 Å². The lowest BCUT2D eigenvalue weighted by atomic mass is 9.75. The molecule has 4 rings (SSSR count). The molecule has 0 spiro atoms. The lowest BCUT2D eigenvalue weighted by molar-refractivity contribution is 0.163. The highest BCUT2D eigenvalue weighted by molar-refractivity contribution is 5.49. The summed E-state index contributed by atoms with van der Waals surface area (Å²) in [7, 11) is 0. The molecule has 0 atom stereocenters. The minimum atomic E-state index is -0.228. The molecule has 0 saturated carbocycles. The van der Waals surface area contributed by atoms with E-state index in [9.17, 15) is 0 Å². The molecule has 0 unspecified atom stereocenters. The van der Waals surface area contributed by atoms with Gasteiger partial charge in [0.15, 0.2) is 0 Å². The fourth-order valence-electron chi connectivity index (χ4n) is 4.49. The normalized spacial score (nSPS) is 16.2. The van der Waals surface area contributed by atoms with E-state index in [0.29, 0.717) is 0 Å². The zero-order valence-electron chi connectivity index (χ0n) is 15.4. The molecule has 1 heterocycles. The Morgan fingerprint density at radius 3 is 1.15 bits per heavy atom. The average molecular weight is 341 g/mol. The first-order chi connectivity index (χ1) is 12.9. The van der Waals surface area contributed by atoms with Gasteiger partial charge in [-0.15, -0.1) is 0 Å². The maximum atomic E-state index is 2.72. The van der Waals surface area contributed by atoms with Gasteiger partial charge in [0.2, 0.25) is 0 Å². The third-order valence-corrected chi connectivity index (χ3v) is 5.66. The first-order valence-electron chi connectivity index (χ1n) is 9.84.